The predicted molar refractivity (Wildman–Crippen MR) is 140 cm³/mol. The number of aryl methyl sites for hydroxylation is 1. The van der Waals surface area contributed by atoms with Gasteiger partial charge >= 0.3 is 16.1 Å². The van der Waals surface area contributed by atoms with E-state index in [2.05, 4.69) is 5.32 Å². The Balaban J connectivity index is 1.69. The SMILES string of the molecule is COc1cc(/C=C2\C(=O)NC(=O)N(c3ccc(F)cc3)C2=O)cc(I)c1OS(=O)(=O)c1ccc(C)cc1. The number of hydrogen-bond donors (Lipinski definition) is 1. The van der Waals surface area contributed by atoms with Crippen LogP contribution in [0.5, 0.6) is 11.5 Å². The molecule has 0 unspecified atom stereocenters. The number of hydrogen-bond acceptors (Lipinski definition) is 7. The summed E-state index contributed by atoms with van der Waals surface area (Å²) in [6.45, 7) is 1.82. The maximum absolute atomic E-state index is 13.3. The number of anilines is 1. The smallest absolute Gasteiger partial charge is 0.339 e. The van der Waals surface area contributed by atoms with Crippen LogP contribution in [0, 0.1) is 16.3 Å². The molecule has 1 heterocycles. The minimum absolute atomic E-state index is 0.0320. The molecule has 4 rings (SSSR count). The summed E-state index contributed by atoms with van der Waals surface area (Å²) in [7, 11) is -2.87. The Morgan fingerprint density at radius 2 is 1.65 bits per heavy atom. The number of urea groups is 1. The number of carbonyl (C=O) groups is 3. The van der Waals surface area contributed by atoms with Crippen LogP contribution in [0.25, 0.3) is 6.08 Å². The van der Waals surface area contributed by atoms with Crippen LogP contribution in [-0.2, 0) is 19.7 Å². The van der Waals surface area contributed by atoms with Crippen LogP contribution in [-0.4, -0.2) is 33.4 Å². The second kappa shape index (κ2) is 10.3. The largest absolute Gasteiger partial charge is 0.493 e. The van der Waals surface area contributed by atoms with Gasteiger partial charge < -0.3 is 8.92 Å². The van der Waals surface area contributed by atoms with Gasteiger partial charge in [0.2, 0.25) is 0 Å². The van der Waals surface area contributed by atoms with Gasteiger partial charge in [0.1, 0.15) is 16.3 Å². The summed E-state index contributed by atoms with van der Waals surface area (Å²) in [5.74, 6) is -2.45. The summed E-state index contributed by atoms with van der Waals surface area (Å²) < 4.78 is 49.9. The fraction of sp³-hybridized carbons (Fsp3) is 0.0800. The number of amides is 4. The van der Waals surface area contributed by atoms with Gasteiger partial charge in [-0.05, 0) is 89.7 Å². The first-order valence-corrected chi connectivity index (χ1v) is 13.0. The minimum Gasteiger partial charge on any atom is -0.493 e. The molecule has 3 aromatic rings. The van der Waals surface area contributed by atoms with Crippen molar-refractivity contribution in [3.63, 3.8) is 0 Å². The first-order chi connectivity index (χ1) is 17.5. The van der Waals surface area contributed by atoms with Crippen LogP contribution >= 0.6 is 22.6 Å². The molecule has 0 saturated carbocycles. The lowest BCUT2D eigenvalue weighted by atomic mass is 10.1. The zero-order chi connectivity index (χ0) is 26.9. The average Bonchev–Trinajstić information content (AvgIpc) is 2.84. The highest BCUT2D eigenvalue weighted by Gasteiger charge is 2.37. The third kappa shape index (κ3) is 5.49. The fourth-order valence-electron chi connectivity index (χ4n) is 3.42. The Morgan fingerprint density at radius 3 is 2.27 bits per heavy atom. The number of carbonyl (C=O) groups excluding carboxylic acids is 3. The number of rotatable bonds is 6. The number of nitrogens with zero attached hydrogens (tertiary/aromatic N) is 1. The molecule has 0 atom stereocenters. The van der Waals surface area contributed by atoms with E-state index in [0.717, 1.165) is 17.7 Å². The van der Waals surface area contributed by atoms with Gasteiger partial charge in [-0.1, -0.05) is 17.7 Å². The summed E-state index contributed by atoms with van der Waals surface area (Å²) in [5.41, 5.74) is 0.875. The minimum atomic E-state index is -4.18. The molecule has 37 heavy (non-hydrogen) atoms. The first kappa shape index (κ1) is 26.3. The van der Waals surface area contributed by atoms with Crippen molar-refractivity contribution in [1.29, 1.82) is 0 Å². The molecule has 0 aromatic heterocycles. The van der Waals surface area contributed by atoms with E-state index in [4.69, 9.17) is 8.92 Å². The van der Waals surface area contributed by atoms with E-state index >= 15 is 0 Å². The van der Waals surface area contributed by atoms with Gasteiger partial charge in [0, 0.05) is 0 Å². The molecule has 9 nitrogen and oxygen atoms in total. The van der Waals surface area contributed by atoms with Gasteiger partial charge in [-0.2, -0.15) is 8.42 Å². The van der Waals surface area contributed by atoms with Crippen molar-refractivity contribution in [2.75, 3.05) is 12.0 Å². The summed E-state index contributed by atoms with van der Waals surface area (Å²) in [6, 6.07) is 12.6. The van der Waals surface area contributed by atoms with Crippen molar-refractivity contribution in [2.24, 2.45) is 0 Å². The highest BCUT2D eigenvalue weighted by atomic mass is 127. The van der Waals surface area contributed by atoms with Crippen molar-refractivity contribution in [1.82, 2.24) is 5.32 Å². The zero-order valence-electron chi connectivity index (χ0n) is 19.3. The molecule has 4 amide bonds. The van der Waals surface area contributed by atoms with Gasteiger partial charge in [-0.15, -0.1) is 0 Å². The number of benzene rings is 3. The molecular formula is C25H18FIN2O7S. The molecular weight excluding hydrogens is 618 g/mol. The third-order valence-electron chi connectivity index (χ3n) is 5.25. The van der Waals surface area contributed by atoms with Crippen molar-refractivity contribution in [3.05, 3.63) is 86.8 Å². The fourth-order valence-corrected chi connectivity index (χ4v) is 5.26. The highest BCUT2D eigenvalue weighted by molar-refractivity contribution is 14.1. The standard InChI is InChI=1S/C25H18FIN2O7S/c1-14-3-9-18(10-4-14)37(33,34)36-22-20(27)12-15(13-21(22)35-2)11-19-23(30)28-25(32)29(24(19)31)17-7-5-16(26)6-8-17/h3-13H,1-2H3,(H,28,30,32)/b19-11+. The lowest BCUT2D eigenvalue weighted by Crippen LogP contribution is -2.54. The maximum atomic E-state index is 13.3. The summed E-state index contributed by atoms with van der Waals surface area (Å²) in [6.07, 6.45) is 1.23. The normalized spacial score (nSPS) is 15.1. The Hall–Kier alpha value is -3.78. The van der Waals surface area contributed by atoms with E-state index in [0.29, 0.717) is 14.0 Å². The Morgan fingerprint density at radius 1 is 1.00 bits per heavy atom. The topological polar surface area (TPSA) is 119 Å². The molecule has 0 bridgehead atoms. The average molecular weight is 636 g/mol. The molecule has 190 valence electrons. The number of imide groups is 2. The molecule has 12 heteroatoms. The van der Waals surface area contributed by atoms with E-state index in [1.165, 1.54) is 49.6 Å². The number of ether oxygens (including phenoxy) is 1. The second-order valence-electron chi connectivity index (χ2n) is 7.82. The number of methoxy groups -OCH3 is 1. The van der Waals surface area contributed by atoms with Crippen molar-refractivity contribution in [3.8, 4) is 11.5 Å². The van der Waals surface area contributed by atoms with Crippen LogP contribution in [0.1, 0.15) is 11.1 Å². The van der Waals surface area contributed by atoms with Crippen LogP contribution in [0.4, 0.5) is 14.9 Å². The first-order valence-electron chi connectivity index (χ1n) is 10.6. The van der Waals surface area contributed by atoms with Crippen LogP contribution in [0.3, 0.4) is 0 Å². The van der Waals surface area contributed by atoms with Crippen molar-refractivity contribution < 1.29 is 36.1 Å². The molecule has 0 spiro atoms. The highest BCUT2D eigenvalue weighted by Crippen LogP contribution is 2.37. The zero-order valence-corrected chi connectivity index (χ0v) is 22.3. The lowest BCUT2D eigenvalue weighted by Gasteiger charge is -2.26. The lowest BCUT2D eigenvalue weighted by molar-refractivity contribution is -0.122. The Kier molecular flexibility index (Phi) is 7.32. The van der Waals surface area contributed by atoms with Gasteiger partial charge in [0.25, 0.3) is 11.8 Å². The quantitative estimate of drug-likeness (QED) is 0.187. The van der Waals surface area contributed by atoms with Crippen LogP contribution in [0.2, 0.25) is 0 Å². The van der Waals surface area contributed by atoms with E-state index in [-0.39, 0.29) is 27.7 Å². The Bertz CT molecular complexity index is 1550. The molecule has 1 aliphatic rings. The maximum Gasteiger partial charge on any atom is 0.339 e. The van der Waals surface area contributed by atoms with Gasteiger partial charge in [0.15, 0.2) is 11.5 Å². The van der Waals surface area contributed by atoms with Crippen molar-refractivity contribution >= 4 is 62.3 Å². The summed E-state index contributed by atoms with van der Waals surface area (Å²) in [4.78, 5) is 38.5. The summed E-state index contributed by atoms with van der Waals surface area (Å²) in [5, 5.41) is 2.08. The Labute approximate surface area is 225 Å². The van der Waals surface area contributed by atoms with E-state index in [1.54, 1.807) is 12.1 Å². The number of nitrogens with one attached hydrogen (secondary N) is 1. The molecule has 1 N–H and O–H groups in total. The van der Waals surface area contributed by atoms with Crippen LogP contribution in [0.15, 0.2) is 71.1 Å². The van der Waals surface area contributed by atoms with Gasteiger partial charge in [-0.3, -0.25) is 14.9 Å². The van der Waals surface area contributed by atoms with Crippen LogP contribution < -0.4 is 19.1 Å². The third-order valence-corrected chi connectivity index (χ3v) is 7.29. The van der Waals surface area contributed by atoms with E-state index in [1.807, 2.05) is 29.5 Å². The number of halogens is 2. The molecule has 0 aliphatic carbocycles. The monoisotopic (exact) mass is 636 g/mol. The van der Waals surface area contributed by atoms with Gasteiger partial charge in [-0.25, -0.2) is 14.1 Å². The molecule has 1 aliphatic heterocycles. The number of barbiturate groups is 1. The predicted octanol–water partition coefficient (Wildman–Crippen LogP) is 4.18. The van der Waals surface area contributed by atoms with E-state index < -0.39 is 33.8 Å². The molecule has 1 fully saturated rings. The summed E-state index contributed by atoms with van der Waals surface area (Å²) >= 11 is 1.84. The molecule has 3 aromatic carbocycles. The second-order valence-corrected chi connectivity index (χ2v) is 10.5. The molecule has 1 saturated heterocycles. The molecule has 0 radical (unpaired) electrons. The van der Waals surface area contributed by atoms with Gasteiger partial charge in [0.05, 0.1) is 16.4 Å². The van der Waals surface area contributed by atoms with E-state index in [9.17, 15) is 27.2 Å². The van der Waals surface area contributed by atoms with Crippen molar-refractivity contribution in [2.45, 2.75) is 11.8 Å².